The van der Waals surface area contributed by atoms with E-state index < -0.39 is 36.4 Å². The van der Waals surface area contributed by atoms with E-state index in [1.807, 2.05) is 0 Å². The van der Waals surface area contributed by atoms with Crippen LogP contribution < -0.4 is 0 Å². The molecule has 0 spiro atoms. The monoisotopic (exact) mass is 406 g/mol. The molecule has 2 saturated heterocycles. The summed E-state index contributed by atoms with van der Waals surface area (Å²) in [4.78, 5) is 24.9. The number of esters is 2. The summed E-state index contributed by atoms with van der Waals surface area (Å²) in [6, 6.07) is 13.9. The van der Waals surface area contributed by atoms with E-state index in [9.17, 15) is 9.59 Å². The predicted octanol–water partition coefficient (Wildman–Crippen LogP) is 3.52. The highest BCUT2D eigenvalue weighted by Crippen LogP contribution is 2.31. The molecular formula is C24H22O6. The summed E-state index contributed by atoms with van der Waals surface area (Å²) < 4.78 is 22.7. The van der Waals surface area contributed by atoms with Crippen LogP contribution in [0.25, 0.3) is 12.2 Å². The number of fused-ring (bicyclic) bond motifs is 1. The summed E-state index contributed by atoms with van der Waals surface area (Å²) in [6.45, 7) is 7.76. The molecule has 0 N–H and O–H groups in total. The molecule has 4 atom stereocenters. The predicted molar refractivity (Wildman–Crippen MR) is 111 cm³/mol. The maximum Gasteiger partial charge on any atom is 0.338 e. The molecule has 0 aromatic heterocycles. The fourth-order valence-corrected chi connectivity index (χ4v) is 3.55. The third-order valence-electron chi connectivity index (χ3n) is 5.24. The van der Waals surface area contributed by atoms with Crippen LogP contribution in [-0.2, 0) is 18.9 Å². The van der Waals surface area contributed by atoms with E-state index in [-0.39, 0.29) is 13.2 Å². The Labute approximate surface area is 174 Å². The SMILES string of the molecule is C=Cc1ccc(C(=O)O[C@@H]2CO[C@H]3[C@@H]2OC[C@H]3OC(=O)c2ccc(C=C)cc2)cc1. The molecule has 2 heterocycles. The van der Waals surface area contributed by atoms with Crippen molar-refractivity contribution in [2.24, 2.45) is 0 Å². The van der Waals surface area contributed by atoms with Gasteiger partial charge in [0.25, 0.3) is 0 Å². The highest BCUT2D eigenvalue weighted by molar-refractivity contribution is 5.90. The first kappa shape index (κ1) is 20.1. The Morgan fingerprint density at radius 1 is 0.733 bits per heavy atom. The van der Waals surface area contributed by atoms with Gasteiger partial charge in [-0.25, -0.2) is 9.59 Å². The van der Waals surface area contributed by atoms with Crippen molar-refractivity contribution in [3.05, 3.63) is 83.9 Å². The van der Waals surface area contributed by atoms with Gasteiger partial charge >= 0.3 is 11.9 Å². The molecule has 0 radical (unpaired) electrons. The maximum atomic E-state index is 12.4. The normalized spacial score (nSPS) is 24.7. The lowest BCUT2D eigenvalue weighted by atomic mass is 10.1. The van der Waals surface area contributed by atoms with Crippen molar-refractivity contribution in [1.29, 1.82) is 0 Å². The number of carbonyl (C=O) groups excluding carboxylic acids is 2. The third kappa shape index (κ3) is 4.06. The zero-order valence-corrected chi connectivity index (χ0v) is 16.4. The maximum absolute atomic E-state index is 12.4. The quantitative estimate of drug-likeness (QED) is 0.684. The van der Waals surface area contributed by atoms with Crippen LogP contribution in [0.15, 0.2) is 61.7 Å². The summed E-state index contributed by atoms with van der Waals surface area (Å²) in [5, 5.41) is 0. The lowest BCUT2D eigenvalue weighted by Crippen LogP contribution is -2.36. The highest BCUT2D eigenvalue weighted by Gasteiger charge is 2.51. The Morgan fingerprint density at radius 2 is 1.10 bits per heavy atom. The van der Waals surface area contributed by atoms with Crippen LogP contribution in [-0.4, -0.2) is 49.6 Å². The topological polar surface area (TPSA) is 71.1 Å². The molecule has 2 aliphatic heterocycles. The Bertz CT molecular complexity index is 867. The van der Waals surface area contributed by atoms with Crippen LogP contribution in [0.2, 0.25) is 0 Å². The Hall–Kier alpha value is -3.22. The second-order valence-corrected chi connectivity index (χ2v) is 7.14. The first-order valence-electron chi connectivity index (χ1n) is 9.69. The Kier molecular flexibility index (Phi) is 5.79. The van der Waals surface area contributed by atoms with Crippen LogP contribution in [0, 0.1) is 0 Å². The standard InChI is InChI=1S/C24H22O6/c1-3-15-5-9-17(10-6-15)23(25)29-19-13-27-22-20(14-28-21(19)22)30-24(26)18-11-7-16(4-2)8-12-18/h3-12,19-22H,1-2,13-14H2/t19-,20-,21-,22-/m1/s1. The minimum atomic E-state index is -0.558. The van der Waals surface area contributed by atoms with Gasteiger partial charge in [0.05, 0.1) is 24.3 Å². The minimum absolute atomic E-state index is 0.188. The molecule has 0 aliphatic carbocycles. The molecule has 0 saturated carbocycles. The van der Waals surface area contributed by atoms with Gasteiger partial charge in [-0.1, -0.05) is 49.6 Å². The summed E-state index contributed by atoms with van der Waals surface area (Å²) >= 11 is 0. The molecule has 0 amide bonds. The average Bonchev–Trinajstić information content (AvgIpc) is 3.37. The van der Waals surface area contributed by atoms with Crippen LogP contribution in [0.3, 0.4) is 0 Å². The fourth-order valence-electron chi connectivity index (χ4n) is 3.55. The zero-order chi connectivity index (χ0) is 21.1. The lowest BCUT2D eigenvalue weighted by molar-refractivity contribution is -0.0287. The van der Waals surface area contributed by atoms with Gasteiger partial charge in [0.1, 0.15) is 12.2 Å². The number of benzene rings is 2. The van der Waals surface area contributed by atoms with Crippen molar-refractivity contribution in [2.75, 3.05) is 13.2 Å². The fraction of sp³-hybridized carbons (Fsp3) is 0.250. The van der Waals surface area contributed by atoms with E-state index in [1.54, 1.807) is 60.7 Å². The molecular weight excluding hydrogens is 384 g/mol. The molecule has 2 aromatic carbocycles. The average molecular weight is 406 g/mol. The van der Waals surface area contributed by atoms with Crippen molar-refractivity contribution in [3.8, 4) is 0 Å². The van der Waals surface area contributed by atoms with Gasteiger partial charge in [-0.15, -0.1) is 0 Å². The van der Waals surface area contributed by atoms with Crippen molar-refractivity contribution in [3.63, 3.8) is 0 Å². The molecule has 4 rings (SSSR count). The van der Waals surface area contributed by atoms with Crippen molar-refractivity contribution in [2.45, 2.75) is 24.4 Å². The van der Waals surface area contributed by atoms with Crippen LogP contribution in [0.4, 0.5) is 0 Å². The largest absolute Gasteiger partial charge is 0.453 e. The summed E-state index contributed by atoms with van der Waals surface area (Å²) in [5.41, 5.74) is 2.71. The van der Waals surface area contributed by atoms with Crippen molar-refractivity contribution in [1.82, 2.24) is 0 Å². The second-order valence-electron chi connectivity index (χ2n) is 7.14. The van der Waals surface area contributed by atoms with Gasteiger partial charge in [0.15, 0.2) is 12.2 Å². The minimum Gasteiger partial charge on any atom is -0.453 e. The molecule has 2 aromatic rings. The molecule has 6 heteroatoms. The highest BCUT2D eigenvalue weighted by atomic mass is 16.7. The summed E-state index contributed by atoms with van der Waals surface area (Å²) in [6.07, 6.45) is 1.34. The molecule has 0 bridgehead atoms. The molecule has 154 valence electrons. The second kappa shape index (κ2) is 8.65. The summed E-state index contributed by atoms with van der Waals surface area (Å²) in [5.74, 6) is -0.905. The number of ether oxygens (including phenoxy) is 4. The molecule has 6 nitrogen and oxygen atoms in total. The van der Waals surface area contributed by atoms with Crippen LogP contribution in [0.1, 0.15) is 31.8 Å². The first-order valence-corrected chi connectivity index (χ1v) is 9.69. The zero-order valence-electron chi connectivity index (χ0n) is 16.4. The third-order valence-corrected chi connectivity index (χ3v) is 5.24. The van der Waals surface area contributed by atoms with E-state index in [1.165, 1.54) is 0 Å². The van der Waals surface area contributed by atoms with Gasteiger partial charge in [-0.2, -0.15) is 0 Å². The molecule has 30 heavy (non-hydrogen) atoms. The van der Waals surface area contributed by atoms with Crippen LogP contribution >= 0.6 is 0 Å². The number of hydrogen-bond donors (Lipinski definition) is 0. The van der Waals surface area contributed by atoms with E-state index in [0.29, 0.717) is 11.1 Å². The van der Waals surface area contributed by atoms with Gasteiger partial charge in [-0.3, -0.25) is 0 Å². The Balaban J connectivity index is 1.35. The van der Waals surface area contributed by atoms with Gasteiger partial charge in [0, 0.05) is 0 Å². The van der Waals surface area contributed by atoms with Crippen LogP contribution in [0.5, 0.6) is 0 Å². The van der Waals surface area contributed by atoms with E-state index in [4.69, 9.17) is 18.9 Å². The van der Waals surface area contributed by atoms with Gasteiger partial charge < -0.3 is 18.9 Å². The smallest absolute Gasteiger partial charge is 0.338 e. The van der Waals surface area contributed by atoms with Gasteiger partial charge in [-0.05, 0) is 35.4 Å². The van der Waals surface area contributed by atoms with E-state index in [0.717, 1.165) is 11.1 Å². The Morgan fingerprint density at radius 3 is 1.43 bits per heavy atom. The number of hydrogen-bond acceptors (Lipinski definition) is 6. The number of rotatable bonds is 6. The first-order chi connectivity index (χ1) is 14.6. The molecule has 2 aliphatic rings. The molecule has 2 fully saturated rings. The van der Waals surface area contributed by atoms with Crippen molar-refractivity contribution < 1.29 is 28.5 Å². The molecule has 0 unspecified atom stereocenters. The van der Waals surface area contributed by atoms with E-state index in [2.05, 4.69) is 13.2 Å². The van der Waals surface area contributed by atoms with Crippen molar-refractivity contribution >= 4 is 24.1 Å². The van der Waals surface area contributed by atoms with Gasteiger partial charge in [0.2, 0.25) is 0 Å². The lowest BCUT2D eigenvalue weighted by Gasteiger charge is -2.17. The number of carbonyl (C=O) groups is 2. The van der Waals surface area contributed by atoms with E-state index >= 15 is 0 Å². The summed E-state index contributed by atoms with van der Waals surface area (Å²) in [7, 11) is 0.